The Balaban J connectivity index is 2.09. The van der Waals surface area contributed by atoms with Gasteiger partial charge in [0.15, 0.2) is 0 Å². The van der Waals surface area contributed by atoms with Gasteiger partial charge in [-0.15, -0.1) is 0 Å². The van der Waals surface area contributed by atoms with Gasteiger partial charge in [0, 0.05) is 5.69 Å². The van der Waals surface area contributed by atoms with Crippen LogP contribution in [0.1, 0.15) is 25.7 Å². The molecule has 18 heavy (non-hydrogen) atoms. The van der Waals surface area contributed by atoms with Gasteiger partial charge in [-0.2, -0.15) is 0 Å². The Bertz CT molecular complexity index is 399. The minimum absolute atomic E-state index is 0.244. The third-order valence-electron chi connectivity index (χ3n) is 3.49. The summed E-state index contributed by atoms with van der Waals surface area (Å²) in [5.41, 5.74) is 0.749. The fraction of sp³-hybridized carbons (Fsp3) is 0.500. The summed E-state index contributed by atoms with van der Waals surface area (Å²) in [6, 6.07) is 5.71. The molecule has 1 unspecified atom stereocenters. The van der Waals surface area contributed by atoms with Crippen LogP contribution in [0.25, 0.3) is 0 Å². The average molecular weight is 251 g/mol. The number of hydrogen-bond donors (Lipinski definition) is 1. The standard InChI is InChI=1S/C14H18FNO2/c1-18-14(17)13(10-4-2-3-5-10)16-12-8-6-11(15)7-9-12/h6-10,13,16H,2-5H2,1H3. The van der Waals surface area contributed by atoms with Gasteiger partial charge in [0.1, 0.15) is 11.9 Å². The van der Waals surface area contributed by atoms with E-state index < -0.39 is 0 Å². The number of halogens is 1. The zero-order valence-electron chi connectivity index (χ0n) is 10.5. The summed E-state index contributed by atoms with van der Waals surface area (Å²) < 4.78 is 17.7. The van der Waals surface area contributed by atoms with Crippen LogP contribution in [0.15, 0.2) is 24.3 Å². The van der Waals surface area contributed by atoms with E-state index in [4.69, 9.17) is 4.74 Å². The van der Waals surface area contributed by atoms with Gasteiger partial charge in [-0.25, -0.2) is 9.18 Å². The van der Waals surface area contributed by atoms with Crippen LogP contribution >= 0.6 is 0 Å². The van der Waals surface area contributed by atoms with E-state index in [1.807, 2.05) is 0 Å². The number of hydrogen-bond acceptors (Lipinski definition) is 3. The number of carbonyl (C=O) groups is 1. The highest BCUT2D eigenvalue weighted by Crippen LogP contribution is 2.30. The van der Waals surface area contributed by atoms with Gasteiger partial charge in [0.2, 0.25) is 0 Å². The van der Waals surface area contributed by atoms with Crippen LogP contribution in [0.4, 0.5) is 10.1 Å². The molecule has 0 aliphatic heterocycles. The molecule has 1 aromatic carbocycles. The van der Waals surface area contributed by atoms with Crippen molar-refractivity contribution in [2.24, 2.45) is 5.92 Å². The van der Waals surface area contributed by atoms with Gasteiger partial charge in [-0.3, -0.25) is 0 Å². The number of nitrogens with one attached hydrogen (secondary N) is 1. The molecule has 98 valence electrons. The molecule has 0 amide bonds. The van der Waals surface area contributed by atoms with E-state index in [0.717, 1.165) is 31.4 Å². The molecule has 1 saturated carbocycles. The van der Waals surface area contributed by atoms with Gasteiger partial charge >= 0.3 is 5.97 Å². The SMILES string of the molecule is COC(=O)C(Nc1ccc(F)cc1)C1CCCC1. The summed E-state index contributed by atoms with van der Waals surface area (Å²) in [4.78, 5) is 11.8. The minimum atomic E-state index is -0.331. The third-order valence-corrected chi connectivity index (χ3v) is 3.49. The molecule has 0 radical (unpaired) electrons. The van der Waals surface area contributed by atoms with Crippen LogP contribution in [-0.2, 0) is 9.53 Å². The van der Waals surface area contributed by atoms with Crippen molar-refractivity contribution in [3.05, 3.63) is 30.1 Å². The second-order valence-corrected chi connectivity index (χ2v) is 4.70. The van der Waals surface area contributed by atoms with Crippen molar-refractivity contribution in [3.63, 3.8) is 0 Å². The van der Waals surface area contributed by atoms with Crippen LogP contribution in [0.2, 0.25) is 0 Å². The zero-order chi connectivity index (χ0) is 13.0. The first-order chi connectivity index (χ1) is 8.70. The number of benzene rings is 1. The Morgan fingerprint density at radius 2 is 1.94 bits per heavy atom. The van der Waals surface area contributed by atoms with Gasteiger partial charge in [-0.05, 0) is 43.0 Å². The van der Waals surface area contributed by atoms with Gasteiger partial charge in [0.25, 0.3) is 0 Å². The van der Waals surface area contributed by atoms with Crippen molar-refractivity contribution < 1.29 is 13.9 Å². The predicted octanol–water partition coefficient (Wildman–Crippen LogP) is 2.97. The van der Waals surface area contributed by atoms with E-state index in [1.54, 1.807) is 12.1 Å². The molecule has 1 N–H and O–H groups in total. The Morgan fingerprint density at radius 1 is 1.33 bits per heavy atom. The first-order valence-electron chi connectivity index (χ1n) is 6.30. The quantitative estimate of drug-likeness (QED) is 0.836. The lowest BCUT2D eigenvalue weighted by atomic mass is 9.98. The van der Waals surface area contributed by atoms with Crippen molar-refractivity contribution in [2.75, 3.05) is 12.4 Å². The van der Waals surface area contributed by atoms with Crippen molar-refractivity contribution in [2.45, 2.75) is 31.7 Å². The van der Waals surface area contributed by atoms with Crippen molar-refractivity contribution in [3.8, 4) is 0 Å². The van der Waals surface area contributed by atoms with Crippen molar-refractivity contribution >= 4 is 11.7 Å². The summed E-state index contributed by atoms with van der Waals surface area (Å²) in [5, 5.41) is 3.16. The number of esters is 1. The van der Waals surface area contributed by atoms with E-state index in [9.17, 15) is 9.18 Å². The highest BCUT2D eigenvalue weighted by Gasteiger charge is 2.31. The molecule has 4 heteroatoms. The summed E-state index contributed by atoms with van der Waals surface area (Å²) in [7, 11) is 1.40. The summed E-state index contributed by atoms with van der Waals surface area (Å²) >= 11 is 0. The van der Waals surface area contributed by atoms with Gasteiger partial charge in [0.05, 0.1) is 7.11 Å². The zero-order valence-corrected chi connectivity index (χ0v) is 10.5. The lowest BCUT2D eigenvalue weighted by Gasteiger charge is -2.23. The van der Waals surface area contributed by atoms with Crippen LogP contribution in [0.5, 0.6) is 0 Å². The lowest BCUT2D eigenvalue weighted by molar-refractivity contribution is -0.142. The molecule has 1 aromatic rings. The molecule has 0 aromatic heterocycles. The van der Waals surface area contributed by atoms with E-state index in [1.165, 1.54) is 19.2 Å². The summed E-state index contributed by atoms with van der Waals surface area (Å²) in [5.74, 6) is -0.218. The van der Waals surface area contributed by atoms with Gasteiger partial charge in [-0.1, -0.05) is 12.8 Å². The molecule has 1 aliphatic rings. The fourth-order valence-electron chi connectivity index (χ4n) is 2.51. The van der Waals surface area contributed by atoms with Gasteiger partial charge < -0.3 is 10.1 Å². The van der Waals surface area contributed by atoms with E-state index in [2.05, 4.69) is 5.32 Å². The molecule has 2 rings (SSSR count). The summed E-state index contributed by atoms with van der Waals surface area (Å²) in [6.45, 7) is 0. The predicted molar refractivity (Wildman–Crippen MR) is 67.8 cm³/mol. The first kappa shape index (κ1) is 12.9. The first-order valence-corrected chi connectivity index (χ1v) is 6.30. The Morgan fingerprint density at radius 3 is 2.50 bits per heavy atom. The molecule has 0 spiro atoms. The highest BCUT2D eigenvalue weighted by atomic mass is 19.1. The minimum Gasteiger partial charge on any atom is -0.467 e. The number of methoxy groups -OCH3 is 1. The highest BCUT2D eigenvalue weighted by molar-refractivity contribution is 5.79. The number of carbonyl (C=O) groups excluding carboxylic acids is 1. The topological polar surface area (TPSA) is 38.3 Å². The normalized spacial score (nSPS) is 17.4. The number of anilines is 1. The maximum atomic E-state index is 12.8. The summed E-state index contributed by atoms with van der Waals surface area (Å²) in [6.07, 6.45) is 4.38. The number of ether oxygens (including phenoxy) is 1. The second-order valence-electron chi connectivity index (χ2n) is 4.70. The molecule has 1 fully saturated rings. The molecule has 0 bridgehead atoms. The Hall–Kier alpha value is -1.58. The molecule has 1 aliphatic carbocycles. The second kappa shape index (κ2) is 5.85. The maximum absolute atomic E-state index is 12.8. The van der Waals surface area contributed by atoms with Crippen molar-refractivity contribution in [1.82, 2.24) is 0 Å². The van der Waals surface area contributed by atoms with E-state index in [0.29, 0.717) is 5.92 Å². The average Bonchev–Trinajstić information content (AvgIpc) is 2.91. The fourth-order valence-corrected chi connectivity index (χ4v) is 2.51. The third kappa shape index (κ3) is 3.00. The monoisotopic (exact) mass is 251 g/mol. The largest absolute Gasteiger partial charge is 0.467 e. The molecule has 1 atom stereocenters. The molecule has 0 heterocycles. The van der Waals surface area contributed by atoms with Crippen molar-refractivity contribution in [1.29, 1.82) is 0 Å². The number of rotatable bonds is 4. The van der Waals surface area contributed by atoms with Crippen LogP contribution < -0.4 is 5.32 Å². The lowest BCUT2D eigenvalue weighted by Crippen LogP contribution is -2.36. The van der Waals surface area contributed by atoms with Crippen LogP contribution in [0, 0.1) is 11.7 Å². The molecule has 3 nitrogen and oxygen atoms in total. The maximum Gasteiger partial charge on any atom is 0.328 e. The van der Waals surface area contributed by atoms with E-state index >= 15 is 0 Å². The van der Waals surface area contributed by atoms with E-state index in [-0.39, 0.29) is 17.8 Å². The van der Waals surface area contributed by atoms with Crippen LogP contribution in [-0.4, -0.2) is 19.1 Å². The Kier molecular flexibility index (Phi) is 4.18. The smallest absolute Gasteiger partial charge is 0.328 e. The molecular weight excluding hydrogens is 233 g/mol. The molecule has 0 saturated heterocycles. The van der Waals surface area contributed by atoms with Crippen LogP contribution in [0.3, 0.4) is 0 Å². The Labute approximate surface area is 106 Å². The molecular formula is C14H18FNO2.